The number of hydrogen-bond donors (Lipinski definition) is 3. The highest BCUT2D eigenvalue weighted by atomic mass is 19.1. The summed E-state index contributed by atoms with van der Waals surface area (Å²) in [5.74, 6) is -1.14. The molecule has 0 saturated carbocycles. The number of amides is 1. The fourth-order valence-corrected chi connectivity index (χ4v) is 5.50. The molecule has 0 spiro atoms. The van der Waals surface area contributed by atoms with Crippen LogP contribution in [-0.2, 0) is 16.0 Å². The first kappa shape index (κ1) is 32.1. The summed E-state index contributed by atoms with van der Waals surface area (Å²) >= 11 is 0. The second kappa shape index (κ2) is 13.2. The molecule has 0 fully saturated rings. The van der Waals surface area contributed by atoms with E-state index in [2.05, 4.69) is 10.6 Å². The molecule has 1 amide bonds. The van der Waals surface area contributed by atoms with Crippen LogP contribution >= 0.6 is 0 Å². The van der Waals surface area contributed by atoms with Crippen LogP contribution in [0.25, 0.3) is 0 Å². The fraction of sp³-hybridized carbons (Fsp3) is 0.412. The van der Waals surface area contributed by atoms with Crippen molar-refractivity contribution in [1.82, 2.24) is 5.32 Å². The number of esters is 1. The third-order valence-electron chi connectivity index (χ3n) is 7.84. The van der Waals surface area contributed by atoms with Gasteiger partial charge in [0.2, 0.25) is 0 Å². The lowest BCUT2D eigenvalue weighted by molar-refractivity contribution is -0.135. The number of hydrogen-bond acceptors (Lipinski definition) is 6. The number of ether oxygens (including phenoxy) is 2. The molecule has 9 heteroatoms. The van der Waals surface area contributed by atoms with Crippen LogP contribution in [0, 0.1) is 31.4 Å². The number of benzene rings is 3. The molecule has 7 nitrogen and oxygen atoms in total. The summed E-state index contributed by atoms with van der Waals surface area (Å²) in [6.45, 7) is 11.6. The van der Waals surface area contributed by atoms with Crippen LogP contribution in [0.4, 0.5) is 14.5 Å². The van der Waals surface area contributed by atoms with Gasteiger partial charge >= 0.3 is 5.97 Å². The Morgan fingerprint density at radius 1 is 1.05 bits per heavy atom. The predicted molar refractivity (Wildman–Crippen MR) is 161 cm³/mol. The van der Waals surface area contributed by atoms with Gasteiger partial charge in [-0.15, -0.1) is 0 Å². The van der Waals surface area contributed by atoms with Crippen LogP contribution in [0.15, 0.2) is 48.5 Å². The van der Waals surface area contributed by atoms with E-state index < -0.39 is 17.6 Å². The normalized spacial score (nSPS) is 14.5. The van der Waals surface area contributed by atoms with E-state index in [0.717, 1.165) is 22.3 Å². The quantitative estimate of drug-likeness (QED) is 0.178. The lowest BCUT2D eigenvalue weighted by Crippen LogP contribution is -2.43. The lowest BCUT2D eigenvalue weighted by Gasteiger charge is -2.30. The number of aryl methyl sites for hydroxylation is 2. The Morgan fingerprint density at radius 2 is 1.72 bits per heavy atom. The number of aliphatic hydroxyl groups excluding tert-OH is 1. The standard InChI is InChI=1S/C34H40F2N2O5/c1-19(2)27(26-10-9-24(36)12-21(26)4)15-32(41)43-25-13-28(33-29(14-25)38-31(40)18-42-33)30(39)17-37-34(5,6)16-22-7-8-23(35)11-20(22)3/h7-14,19,27,30,37,39H,15-18H2,1-6H3,(H,38,40). The molecular formula is C34H40F2N2O5. The lowest BCUT2D eigenvalue weighted by atomic mass is 9.83. The molecule has 3 aromatic carbocycles. The second-order valence-corrected chi connectivity index (χ2v) is 12.3. The van der Waals surface area contributed by atoms with E-state index in [1.54, 1.807) is 18.2 Å². The summed E-state index contributed by atoms with van der Waals surface area (Å²) in [4.78, 5) is 25.2. The number of rotatable bonds is 11. The number of carbonyl (C=O) groups excluding carboxylic acids is 2. The van der Waals surface area contributed by atoms with E-state index in [1.165, 1.54) is 30.3 Å². The number of aliphatic hydroxyl groups is 1. The summed E-state index contributed by atoms with van der Waals surface area (Å²) in [7, 11) is 0. The molecule has 230 valence electrons. The van der Waals surface area contributed by atoms with Gasteiger partial charge in [0.1, 0.15) is 23.1 Å². The molecule has 4 rings (SSSR count). The van der Waals surface area contributed by atoms with Gasteiger partial charge in [0.15, 0.2) is 6.61 Å². The van der Waals surface area contributed by atoms with Crippen molar-refractivity contribution >= 4 is 17.6 Å². The van der Waals surface area contributed by atoms with Crippen LogP contribution in [0.1, 0.15) is 74.0 Å². The monoisotopic (exact) mass is 594 g/mol. The van der Waals surface area contributed by atoms with Crippen molar-refractivity contribution < 1.29 is 33.0 Å². The van der Waals surface area contributed by atoms with Gasteiger partial charge < -0.3 is 25.2 Å². The van der Waals surface area contributed by atoms with Crippen LogP contribution in [-0.4, -0.2) is 35.7 Å². The number of β-amino-alcohol motifs (C(OH)–C–C–N with tert-alkyl or cyclic N) is 1. The van der Waals surface area contributed by atoms with E-state index in [0.29, 0.717) is 23.4 Å². The maximum Gasteiger partial charge on any atom is 0.311 e. The number of carbonyl (C=O) groups is 2. The first-order chi connectivity index (χ1) is 20.2. The molecule has 1 aliphatic heterocycles. The largest absolute Gasteiger partial charge is 0.481 e. The minimum Gasteiger partial charge on any atom is -0.481 e. The first-order valence-corrected chi connectivity index (χ1v) is 14.5. The van der Waals surface area contributed by atoms with Crippen molar-refractivity contribution in [3.05, 3.63) is 88.0 Å². The summed E-state index contributed by atoms with van der Waals surface area (Å²) in [6.07, 6.45) is -0.416. The zero-order chi connectivity index (χ0) is 31.5. The van der Waals surface area contributed by atoms with Gasteiger partial charge in [-0.2, -0.15) is 0 Å². The molecule has 2 unspecified atom stereocenters. The van der Waals surface area contributed by atoms with E-state index in [9.17, 15) is 23.5 Å². The minimum absolute atomic E-state index is 0.0561. The maximum atomic E-state index is 13.7. The molecule has 1 aliphatic rings. The Labute approximate surface area is 251 Å². The molecule has 3 N–H and O–H groups in total. The molecule has 0 aromatic heterocycles. The van der Waals surface area contributed by atoms with Gasteiger partial charge in [-0.05, 0) is 98.5 Å². The summed E-state index contributed by atoms with van der Waals surface area (Å²) in [5.41, 5.74) is 3.67. The van der Waals surface area contributed by atoms with Gasteiger partial charge in [0.25, 0.3) is 5.91 Å². The fourth-order valence-electron chi connectivity index (χ4n) is 5.50. The Balaban J connectivity index is 1.52. The molecule has 0 bridgehead atoms. The highest BCUT2D eigenvalue weighted by Crippen LogP contribution is 2.40. The SMILES string of the molecule is Cc1cc(F)ccc1CC(C)(C)NCC(O)c1cc(OC(=O)CC(c2ccc(F)cc2C)C(C)C)cc2c1OCC(=O)N2. The molecule has 0 radical (unpaired) electrons. The Morgan fingerprint density at radius 3 is 2.37 bits per heavy atom. The number of nitrogens with one attached hydrogen (secondary N) is 2. The molecule has 1 heterocycles. The summed E-state index contributed by atoms with van der Waals surface area (Å²) in [5, 5.41) is 17.4. The van der Waals surface area contributed by atoms with Crippen molar-refractivity contribution in [2.75, 3.05) is 18.5 Å². The van der Waals surface area contributed by atoms with Crippen molar-refractivity contribution in [3.63, 3.8) is 0 Å². The maximum absolute atomic E-state index is 13.7. The summed E-state index contributed by atoms with van der Waals surface area (Å²) in [6, 6.07) is 12.3. The average Bonchev–Trinajstić information content (AvgIpc) is 2.91. The van der Waals surface area contributed by atoms with Crippen molar-refractivity contribution in [2.45, 2.75) is 71.9 Å². The van der Waals surface area contributed by atoms with Crippen molar-refractivity contribution in [1.29, 1.82) is 0 Å². The van der Waals surface area contributed by atoms with Gasteiger partial charge in [0, 0.05) is 23.7 Å². The Hall–Kier alpha value is -3.82. The zero-order valence-electron chi connectivity index (χ0n) is 25.5. The van der Waals surface area contributed by atoms with Crippen molar-refractivity contribution in [2.24, 2.45) is 5.92 Å². The van der Waals surface area contributed by atoms with Crippen LogP contribution in [0.2, 0.25) is 0 Å². The van der Waals surface area contributed by atoms with Crippen molar-refractivity contribution in [3.8, 4) is 11.5 Å². The zero-order valence-corrected chi connectivity index (χ0v) is 25.5. The highest BCUT2D eigenvalue weighted by molar-refractivity contribution is 5.96. The van der Waals surface area contributed by atoms with Gasteiger partial charge in [0.05, 0.1) is 18.2 Å². The molecule has 0 aliphatic carbocycles. The molecule has 2 atom stereocenters. The molecule has 0 saturated heterocycles. The van der Waals surface area contributed by atoms with Crippen LogP contribution in [0.3, 0.4) is 0 Å². The first-order valence-electron chi connectivity index (χ1n) is 14.5. The van der Waals surface area contributed by atoms with E-state index >= 15 is 0 Å². The average molecular weight is 595 g/mol. The number of anilines is 1. The van der Waals surface area contributed by atoms with E-state index in [1.807, 2.05) is 41.5 Å². The van der Waals surface area contributed by atoms with Gasteiger partial charge in [-0.1, -0.05) is 26.0 Å². The third kappa shape index (κ3) is 8.18. The minimum atomic E-state index is -1.07. The van der Waals surface area contributed by atoms with Crippen LogP contribution < -0.4 is 20.1 Å². The van der Waals surface area contributed by atoms with Gasteiger partial charge in [-0.3, -0.25) is 9.59 Å². The topological polar surface area (TPSA) is 96.9 Å². The number of halogens is 2. The Bertz CT molecular complexity index is 1500. The smallest absolute Gasteiger partial charge is 0.311 e. The highest BCUT2D eigenvalue weighted by Gasteiger charge is 2.28. The second-order valence-electron chi connectivity index (χ2n) is 12.3. The molecule has 43 heavy (non-hydrogen) atoms. The third-order valence-corrected chi connectivity index (χ3v) is 7.84. The Kier molecular flexibility index (Phi) is 9.87. The number of fused-ring (bicyclic) bond motifs is 1. The van der Waals surface area contributed by atoms with Crippen LogP contribution in [0.5, 0.6) is 11.5 Å². The molecular weight excluding hydrogens is 554 g/mol. The molecule has 3 aromatic rings. The van der Waals surface area contributed by atoms with Gasteiger partial charge in [-0.25, -0.2) is 8.78 Å². The van der Waals surface area contributed by atoms with E-state index in [-0.39, 0.29) is 54.7 Å². The summed E-state index contributed by atoms with van der Waals surface area (Å²) < 4.78 is 38.7. The predicted octanol–water partition coefficient (Wildman–Crippen LogP) is 6.29. The van der Waals surface area contributed by atoms with E-state index in [4.69, 9.17) is 9.47 Å².